The summed E-state index contributed by atoms with van der Waals surface area (Å²) < 4.78 is 34.7. The normalized spacial score (nSPS) is 12.3. The Kier molecular flexibility index (Phi) is 10.4. The van der Waals surface area contributed by atoms with Crippen LogP contribution in [0.5, 0.6) is 5.75 Å². The average Bonchev–Trinajstić information content (AvgIpc) is 2.92. The van der Waals surface area contributed by atoms with Crippen LogP contribution in [0, 0.1) is 0 Å². The van der Waals surface area contributed by atoms with Crippen molar-refractivity contribution in [2.75, 3.05) is 18.0 Å². The van der Waals surface area contributed by atoms with E-state index in [1.54, 1.807) is 61.7 Å². The first-order chi connectivity index (χ1) is 18.9. The van der Waals surface area contributed by atoms with Gasteiger partial charge in [-0.2, -0.15) is 0 Å². The summed E-state index contributed by atoms with van der Waals surface area (Å²) in [6.07, 6.45) is 0.341. The molecule has 0 aliphatic heterocycles. The van der Waals surface area contributed by atoms with Crippen molar-refractivity contribution in [2.24, 2.45) is 0 Å². The predicted octanol–water partition coefficient (Wildman–Crippen LogP) is 5.38. The van der Waals surface area contributed by atoms with Gasteiger partial charge in [0.2, 0.25) is 11.8 Å². The smallest absolute Gasteiger partial charge is 0.264 e. The van der Waals surface area contributed by atoms with Gasteiger partial charge in [0.1, 0.15) is 18.3 Å². The number of carbonyl (C=O) groups excluding carboxylic acids is 2. The number of amides is 2. The lowest BCUT2D eigenvalue weighted by atomic mass is 10.1. The monoisotopic (exact) mass is 629 g/mol. The lowest BCUT2D eigenvalue weighted by Crippen LogP contribution is -2.55. The van der Waals surface area contributed by atoms with Crippen LogP contribution < -0.4 is 14.4 Å². The van der Waals surface area contributed by atoms with Gasteiger partial charge < -0.3 is 15.0 Å². The fraction of sp³-hybridized carbons (Fsp3) is 0.333. The van der Waals surface area contributed by atoms with E-state index in [2.05, 4.69) is 21.2 Å². The summed E-state index contributed by atoms with van der Waals surface area (Å²) in [5, 5.41) is 2.97. The zero-order chi connectivity index (χ0) is 29.5. The molecule has 2 amide bonds. The molecule has 0 saturated heterocycles. The van der Waals surface area contributed by atoms with E-state index in [0.717, 1.165) is 14.3 Å². The summed E-state index contributed by atoms with van der Waals surface area (Å²) in [6, 6.07) is 21.1. The van der Waals surface area contributed by atoms with E-state index < -0.39 is 34.1 Å². The van der Waals surface area contributed by atoms with Crippen LogP contribution in [0.4, 0.5) is 5.69 Å². The van der Waals surface area contributed by atoms with Crippen LogP contribution in [-0.4, -0.2) is 50.4 Å². The van der Waals surface area contributed by atoms with Crippen LogP contribution in [0.25, 0.3) is 0 Å². The molecule has 0 saturated carbocycles. The number of benzene rings is 3. The van der Waals surface area contributed by atoms with Crippen LogP contribution >= 0.6 is 15.9 Å². The fourth-order valence-corrected chi connectivity index (χ4v) is 5.86. The number of hydrogen-bond acceptors (Lipinski definition) is 5. The van der Waals surface area contributed by atoms with Crippen LogP contribution in [0.3, 0.4) is 0 Å². The highest BCUT2D eigenvalue weighted by Gasteiger charge is 2.34. The van der Waals surface area contributed by atoms with Crippen LogP contribution in [0.15, 0.2) is 88.2 Å². The molecule has 10 heteroatoms. The first kappa shape index (κ1) is 31.2. The number of rotatable bonds is 11. The zero-order valence-corrected chi connectivity index (χ0v) is 25.8. The molecule has 0 fully saturated rings. The Labute approximate surface area is 245 Å². The maximum absolute atomic E-state index is 14.1. The summed E-state index contributed by atoms with van der Waals surface area (Å²) >= 11 is 3.38. The molecule has 3 aromatic rings. The van der Waals surface area contributed by atoms with Gasteiger partial charge in [-0.15, -0.1) is 0 Å². The first-order valence-electron chi connectivity index (χ1n) is 12.9. The molecule has 8 nitrogen and oxygen atoms in total. The number of ether oxygens (including phenoxy) is 1. The molecule has 3 aromatic carbocycles. The Morgan fingerprint density at radius 2 is 1.55 bits per heavy atom. The zero-order valence-electron chi connectivity index (χ0n) is 23.4. The summed E-state index contributed by atoms with van der Waals surface area (Å²) in [5.41, 5.74) is 0.591. The first-order valence-corrected chi connectivity index (χ1v) is 15.2. The van der Waals surface area contributed by atoms with Gasteiger partial charge in [0.15, 0.2) is 0 Å². The molecule has 1 atom stereocenters. The summed E-state index contributed by atoms with van der Waals surface area (Å²) in [4.78, 5) is 29.0. The van der Waals surface area contributed by atoms with Crippen molar-refractivity contribution < 1.29 is 22.7 Å². The highest BCUT2D eigenvalue weighted by molar-refractivity contribution is 9.10. The van der Waals surface area contributed by atoms with Crippen molar-refractivity contribution in [1.82, 2.24) is 10.2 Å². The molecule has 0 spiro atoms. The minimum atomic E-state index is -4.11. The fourth-order valence-electron chi connectivity index (χ4n) is 4.16. The lowest BCUT2D eigenvalue weighted by Gasteiger charge is -2.34. The molecule has 214 valence electrons. The minimum absolute atomic E-state index is 0.0601. The van der Waals surface area contributed by atoms with Crippen LogP contribution in [0.1, 0.15) is 39.7 Å². The number of methoxy groups -OCH3 is 1. The third-order valence-electron chi connectivity index (χ3n) is 6.12. The van der Waals surface area contributed by atoms with Crippen molar-refractivity contribution >= 4 is 43.5 Å². The van der Waals surface area contributed by atoms with E-state index in [-0.39, 0.29) is 17.3 Å². The van der Waals surface area contributed by atoms with Crippen molar-refractivity contribution in [3.63, 3.8) is 0 Å². The topological polar surface area (TPSA) is 96.0 Å². The van der Waals surface area contributed by atoms with Gasteiger partial charge in [0.25, 0.3) is 10.0 Å². The molecule has 0 radical (unpaired) electrons. The average molecular weight is 631 g/mol. The van der Waals surface area contributed by atoms with Gasteiger partial charge in [-0.05, 0) is 81.3 Å². The molecule has 0 aliphatic rings. The van der Waals surface area contributed by atoms with Gasteiger partial charge in [0.05, 0.1) is 17.7 Å². The Balaban J connectivity index is 2.05. The number of carbonyl (C=O) groups is 2. The van der Waals surface area contributed by atoms with E-state index >= 15 is 0 Å². The van der Waals surface area contributed by atoms with Crippen molar-refractivity contribution in [3.05, 3.63) is 88.9 Å². The molecule has 0 unspecified atom stereocenters. The quantitative estimate of drug-likeness (QED) is 0.307. The van der Waals surface area contributed by atoms with Crippen LogP contribution in [-0.2, 0) is 26.2 Å². The standard InChI is InChI=1S/C30H36BrN3O5S/c1-6-27(29(36)32-30(2,3)4)33(20-22-12-18-25(39-5)19-13-22)28(35)21-34(24-16-14-23(31)15-17-24)40(37,38)26-10-8-7-9-11-26/h7-19,27H,6,20-21H2,1-5H3,(H,32,36)/t27-/m1/s1. The summed E-state index contributed by atoms with van der Waals surface area (Å²) in [7, 11) is -2.54. The van der Waals surface area contributed by atoms with Gasteiger partial charge in [-0.3, -0.25) is 13.9 Å². The minimum Gasteiger partial charge on any atom is -0.497 e. The molecule has 0 bridgehead atoms. The highest BCUT2D eigenvalue weighted by Crippen LogP contribution is 2.26. The van der Waals surface area contributed by atoms with Crippen molar-refractivity contribution in [1.29, 1.82) is 0 Å². The van der Waals surface area contributed by atoms with E-state index in [4.69, 9.17) is 4.74 Å². The second-order valence-corrected chi connectivity index (χ2v) is 13.1. The SMILES string of the molecule is CC[C@H](C(=O)NC(C)(C)C)N(Cc1ccc(OC)cc1)C(=O)CN(c1ccc(Br)cc1)S(=O)(=O)c1ccccc1. The van der Waals surface area contributed by atoms with Gasteiger partial charge in [-0.1, -0.05) is 53.2 Å². The molecular weight excluding hydrogens is 594 g/mol. The van der Waals surface area contributed by atoms with E-state index in [1.165, 1.54) is 17.0 Å². The van der Waals surface area contributed by atoms with E-state index in [1.807, 2.05) is 39.8 Å². The molecule has 0 aliphatic carbocycles. The predicted molar refractivity (Wildman–Crippen MR) is 161 cm³/mol. The maximum Gasteiger partial charge on any atom is 0.264 e. The van der Waals surface area contributed by atoms with Crippen LogP contribution in [0.2, 0.25) is 0 Å². The molecule has 0 heterocycles. The number of sulfonamides is 1. The summed E-state index contributed by atoms with van der Waals surface area (Å²) in [5.74, 6) is -0.151. The Morgan fingerprint density at radius 3 is 2.08 bits per heavy atom. The molecule has 1 N–H and O–H groups in total. The molecule has 40 heavy (non-hydrogen) atoms. The second-order valence-electron chi connectivity index (χ2n) is 10.3. The van der Waals surface area contributed by atoms with Crippen molar-refractivity contribution in [3.8, 4) is 5.75 Å². The second kappa shape index (κ2) is 13.3. The van der Waals surface area contributed by atoms with Gasteiger partial charge >= 0.3 is 0 Å². The van der Waals surface area contributed by atoms with Gasteiger partial charge in [0, 0.05) is 16.6 Å². The lowest BCUT2D eigenvalue weighted by molar-refractivity contribution is -0.141. The maximum atomic E-state index is 14.1. The van der Waals surface area contributed by atoms with Crippen molar-refractivity contribution in [2.45, 2.75) is 57.1 Å². The van der Waals surface area contributed by atoms with Gasteiger partial charge in [-0.25, -0.2) is 8.42 Å². The Hall–Kier alpha value is -3.37. The summed E-state index contributed by atoms with van der Waals surface area (Å²) in [6.45, 7) is 7.06. The third-order valence-corrected chi connectivity index (χ3v) is 8.44. The number of nitrogens with one attached hydrogen (secondary N) is 1. The number of hydrogen-bond donors (Lipinski definition) is 1. The highest BCUT2D eigenvalue weighted by atomic mass is 79.9. The molecular formula is C30H36BrN3O5S. The Morgan fingerprint density at radius 1 is 0.950 bits per heavy atom. The van der Waals surface area contributed by atoms with E-state index in [0.29, 0.717) is 17.9 Å². The molecule has 0 aromatic heterocycles. The Bertz CT molecular complexity index is 1390. The number of nitrogens with zero attached hydrogens (tertiary/aromatic N) is 2. The number of halogens is 1. The van der Waals surface area contributed by atoms with E-state index in [9.17, 15) is 18.0 Å². The molecule has 3 rings (SSSR count). The number of anilines is 1. The largest absolute Gasteiger partial charge is 0.497 e. The third kappa shape index (κ3) is 8.08.